The van der Waals surface area contributed by atoms with E-state index in [9.17, 15) is 0 Å². The summed E-state index contributed by atoms with van der Waals surface area (Å²) in [6.45, 7) is 0. The molecule has 0 aromatic heterocycles. The number of nitrogens with zero attached hydrogens (tertiary/aromatic N) is 1. The van der Waals surface area contributed by atoms with Crippen LogP contribution in [-0.4, -0.2) is 25.0 Å². The Hall–Kier alpha value is -0.860. The monoisotopic (exact) mass is 204 g/mol. The third-order valence-corrected chi connectivity index (χ3v) is 3.35. The molecule has 82 valence electrons. The van der Waals surface area contributed by atoms with Crippen molar-refractivity contribution in [3.8, 4) is 0 Å². The first-order chi connectivity index (χ1) is 7.18. The zero-order valence-corrected chi connectivity index (χ0v) is 9.56. The summed E-state index contributed by atoms with van der Waals surface area (Å²) in [5.74, 6) is 0.734. The zero-order valence-electron chi connectivity index (χ0n) is 9.56. The standard InChI is InChI=1S/C13H20N2/c1-15(2)13(11-8-12(14)9-11)10-6-4-3-5-7-10/h3-7,11-13H,8-9,14H2,1-2H3. The van der Waals surface area contributed by atoms with Gasteiger partial charge in [-0.25, -0.2) is 0 Å². The SMILES string of the molecule is CN(C)C(c1ccccc1)C1CC(N)C1. The minimum Gasteiger partial charge on any atom is -0.328 e. The van der Waals surface area contributed by atoms with Crippen molar-refractivity contribution < 1.29 is 0 Å². The highest BCUT2D eigenvalue weighted by Gasteiger charge is 2.34. The van der Waals surface area contributed by atoms with Crippen LogP contribution in [0.4, 0.5) is 0 Å². The summed E-state index contributed by atoms with van der Waals surface area (Å²) in [6, 6.07) is 11.7. The fourth-order valence-corrected chi connectivity index (χ4v) is 2.61. The molecule has 1 atom stereocenters. The number of hydrogen-bond donors (Lipinski definition) is 1. The third kappa shape index (κ3) is 2.21. The van der Waals surface area contributed by atoms with Crippen molar-refractivity contribution in [2.75, 3.05) is 14.1 Å². The second-order valence-corrected chi connectivity index (χ2v) is 4.81. The maximum atomic E-state index is 5.87. The summed E-state index contributed by atoms with van der Waals surface area (Å²) in [4.78, 5) is 2.31. The van der Waals surface area contributed by atoms with Gasteiger partial charge >= 0.3 is 0 Å². The van der Waals surface area contributed by atoms with Gasteiger partial charge in [-0.15, -0.1) is 0 Å². The Balaban J connectivity index is 2.14. The number of nitrogens with two attached hydrogens (primary N) is 1. The zero-order chi connectivity index (χ0) is 10.8. The van der Waals surface area contributed by atoms with Crippen molar-refractivity contribution in [1.29, 1.82) is 0 Å². The Morgan fingerprint density at radius 2 is 1.80 bits per heavy atom. The van der Waals surface area contributed by atoms with Crippen molar-refractivity contribution in [3.63, 3.8) is 0 Å². The summed E-state index contributed by atoms with van der Waals surface area (Å²) in [6.07, 6.45) is 2.33. The van der Waals surface area contributed by atoms with E-state index in [0.717, 1.165) is 18.8 Å². The molecule has 0 spiro atoms. The van der Waals surface area contributed by atoms with E-state index in [4.69, 9.17) is 5.73 Å². The normalized spacial score (nSPS) is 27.5. The van der Waals surface area contributed by atoms with Crippen LogP contribution in [-0.2, 0) is 0 Å². The Labute approximate surface area is 92.1 Å². The van der Waals surface area contributed by atoms with Crippen molar-refractivity contribution in [3.05, 3.63) is 35.9 Å². The first kappa shape index (κ1) is 10.7. The topological polar surface area (TPSA) is 29.3 Å². The molecule has 2 rings (SSSR count). The van der Waals surface area contributed by atoms with Gasteiger partial charge < -0.3 is 10.6 Å². The van der Waals surface area contributed by atoms with Crippen molar-refractivity contribution in [1.82, 2.24) is 4.90 Å². The minimum absolute atomic E-state index is 0.432. The van der Waals surface area contributed by atoms with Crippen molar-refractivity contribution in [2.45, 2.75) is 24.9 Å². The van der Waals surface area contributed by atoms with Crippen LogP contribution < -0.4 is 5.73 Å². The number of benzene rings is 1. The number of rotatable bonds is 3. The van der Waals surface area contributed by atoms with E-state index in [1.165, 1.54) is 5.56 Å². The van der Waals surface area contributed by atoms with Gasteiger partial charge in [0.25, 0.3) is 0 Å². The lowest BCUT2D eigenvalue weighted by Crippen LogP contribution is -2.43. The van der Waals surface area contributed by atoms with Gasteiger partial charge in [-0.2, -0.15) is 0 Å². The highest BCUT2D eigenvalue weighted by Crippen LogP contribution is 2.39. The lowest BCUT2D eigenvalue weighted by Gasteiger charge is -2.41. The van der Waals surface area contributed by atoms with Gasteiger partial charge in [0.1, 0.15) is 0 Å². The molecule has 2 N–H and O–H groups in total. The molecule has 1 aromatic carbocycles. The minimum atomic E-state index is 0.432. The van der Waals surface area contributed by atoms with E-state index in [2.05, 4.69) is 49.3 Å². The van der Waals surface area contributed by atoms with Crippen LogP contribution in [0.2, 0.25) is 0 Å². The fraction of sp³-hybridized carbons (Fsp3) is 0.538. The largest absolute Gasteiger partial charge is 0.328 e. The van der Waals surface area contributed by atoms with E-state index < -0.39 is 0 Å². The molecule has 0 heterocycles. The third-order valence-electron chi connectivity index (χ3n) is 3.35. The molecule has 15 heavy (non-hydrogen) atoms. The van der Waals surface area contributed by atoms with Crippen LogP contribution in [0.25, 0.3) is 0 Å². The molecule has 2 heteroatoms. The maximum Gasteiger partial charge on any atom is 0.0371 e. The van der Waals surface area contributed by atoms with Gasteiger partial charge in [0.2, 0.25) is 0 Å². The van der Waals surface area contributed by atoms with Gasteiger partial charge in [-0.1, -0.05) is 30.3 Å². The van der Waals surface area contributed by atoms with E-state index in [-0.39, 0.29) is 0 Å². The summed E-state index contributed by atoms with van der Waals surface area (Å²) in [5.41, 5.74) is 7.28. The summed E-state index contributed by atoms with van der Waals surface area (Å²) in [7, 11) is 4.31. The van der Waals surface area contributed by atoms with Gasteiger partial charge in [0, 0.05) is 12.1 Å². The Morgan fingerprint density at radius 3 is 2.27 bits per heavy atom. The van der Waals surface area contributed by atoms with Gasteiger partial charge in [-0.05, 0) is 38.4 Å². The van der Waals surface area contributed by atoms with Crippen LogP contribution in [0.5, 0.6) is 0 Å². The second kappa shape index (κ2) is 4.33. The van der Waals surface area contributed by atoms with Crippen LogP contribution in [0.3, 0.4) is 0 Å². The molecular weight excluding hydrogens is 184 g/mol. The Bertz CT molecular complexity index is 302. The van der Waals surface area contributed by atoms with Crippen molar-refractivity contribution >= 4 is 0 Å². The Kier molecular flexibility index (Phi) is 3.08. The molecule has 0 aliphatic heterocycles. The summed E-state index contributed by atoms with van der Waals surface area (Å²) >= 11 is 0. The van der Waals surface area contributed by atoms with Gasteiger partial charge in [-0.3, -0.25) is 0 Å². The highest BCUT2D eigenvalue weighted by molar-refractivity contribution is 5.20. The quantitative estimate of drug-likeness (QED) is 0.816. The first-order valence-corrected chi connectivity index (χ1v) is 5.65. The molecule has 1 unspecified atom stereocenters. The fourth-order valence-electron chi connectivity index (χ4n) is 2.61. The predicted octanol–water partition coefficient (Wildman–Crippen LogP) is 2.03. The molecule has 1 saturated carbocycles. The lowest BCUT2D eigenvalue weighted by molar-refractivity contribution is 0.123. The highest BCUT2D eigenvalue weighted by atomic mass is 15.1. The maximum absolute atomic E-state index is 5.87. The average Bonchev–Trinajstić information content (AvgIpc) is 2.17. The first-order valence-electron chi connectivity index (χ1n) is 5.65. The summed E-state index contributed by atoms with van der Waals surface area (Å²) in [5, 5.41) is 0. The molecule has 1 aliphatic carbocycles. The molecule has 0 radical (unpaired) electrons. The summed E-state index contributed by atoms with van der Waals surface area (Å²) < 4.78 is 0. The van der Waals surface area contributed by atoms with Crippen LogP contribution in [0.15, 0.2) is 30.3 Å². The lowest BCUT2D eigenvalue weighted by atomic mass is 9.73. The van der Waals surface area contributed by atoms with Crippen LogP contribution in [0, 0.1) is 5.92 Å². The molecule has 0 bridgehead atoms. The second-order valence-electron chi connectivity index (χ2n) is 4.81. The van der Waals surface area contributed by atoms with E-state index in [0.29, 0.717) is 12.1 Å². The average molecular weight is 204 g/mol. The molecule has 2 nitrogen and oxygen atoms in total. The molecular formula is C13H20N2. The number of hydrogen-bond acceptors (Lipinski definition) is 2. The van der Waals surface area contributed by atoms with E-state index in [1.54, 1.807) is 0 Å². The Morgan fingerprint density at radius 1 is 1.20 bits per heavy atom. The van der Waals surface area contributed by atoms with Crippen molar-refractivity contribution in [2.24, 2.45) is 11.7 Å². The smallest absolute Gasteiger partial charge is 0.0371 e. The molecule has 1 aromatic rings. The van der Waals surface area contributed by atoms with Crippen LogP contribution >= 0.6 is 0 Å². The molecule has 0 saturated heterocycles. The van der Waals surface area contributed by atoms with Crippen LogP contribution in [0.1, 0.15) is 24.4 Å². The van der Waals surface area contributed by atoms with Gasteiger partial charge in [0.15, 0.2) is 0 Å². The predicted molar refractivity (Wildman–Crippen MR) is 63.6 cm³/mol. The van der Waals surface area contributed by atoms with E-state index >= 15 is 0 Å². The van der Waals surface area contributed by atoms with E-state index in [1.807, 2.05) is 0 Å². The van der Waals surface area contributed by atoms with Gasteiger partial charge in [0.05, 0.1) is 0 Å². The molecule has 0 amide bonds. The molecule has 1 fully saturated rings. The molecule has 1 aliphatic rings.